The molecule has 0 radical (unpaired) electrons. The molecule has 1 aromatic carbocycles. The number of allylic oxidation sites excluding steroid dienone is 1. The third-order valence-electron chi connectivity index (χ3n) is 4.46. The molecule has 1 aliphatic heterocycles. The summed E-state index contributed by atoms with van der Waals surface area (Å²) >= 11 is 0. The molecule has 0 aromatic heterocycles. The predicted molar refractivity (Wildman–Crippen MR) is 102 cm³/mol. The molecule has 0 aliphatic carbocycles. The van der Waals surface area contributed by atoms with Gasteiger partial charge in [0, 0.05) is 12.1 Å². The topological polar surface area (TPSA) is 125 Å². The number of benzene rings is 1. The summed E-state index contributed by atoms with van der Waals surface area (Å²) in [6, 6.07) is 5.89. The van der Waals surface area contributed by atoms with Gasteiger partial charge >= 0.3 is 5.97 Å². The Morgan fingerprint density at radius 3 is 2.61 bits per heavy atom. The van der Waals surface area contributed by atoms with E-state index in [0.29, 0.717) is 18.5 Å². The minimum atomic E-state index is -1.02. The molecule has 28 heavy (non-hydrogen) atoms. The SMILES string of the molecule is C[C@H](CCC=CC(=O)Nc1ccc(C(=O)O)cc1)O[C@@H]1O[C@@H](C)[C@H](O)C[C@H]1O. The van der Waals surface area contributed by atoms with E-state index in [9.17, 15) is 19.8 Å². The van der Waals surface area contributed by atoms with Crippen molar-refractivity contribution in [2.45, 2.75) is 63.8 Å². The number of hydrogen-bond donors (Lipinski definition) is 4. The fourth-order valence-electron chi connectivity index (χ4n) is 2.76. The molecule has 1 aliphatic rings. The fraction of sp³-hybridized carbons (Fsp3) is 0.500. The van der Waals surface area contributed by atoms with Gasteiger partial charge in [-0.15, -0.1) is 0 Å². The zero-order chi connectivity index (χ0) is 20.7. The van der Waals surface area contributed by atoms with E-state index in [-0.39, 0.29) is 24.0 Å². The fourth-order valence-corrected chi connectivity index (χ4v) is 2.76. The van der Waals surface area contributed by atoms with Crippen LogP contribution >= 0.6 is 0 Å². The quantitative estimate of drug-likeness (QED) is 0.497. The highest BCUT2D eigenvalue weighted by atomic mass is 16.7. The second-order valence-corrected chi connectivity index (χ2v) is 6.88. The lowest BCUT2D eigenvalue weighted by Crippen LogP contribution is -2.48. The Labute approximate surface area is 163 Å². The summed E-state index contributed by atoms with van der Waals surface area (Å²) in [5.74, 6) is -1.34. The summed E-state index contributed by atoms with van der Waals surface area (Å²) in [4.78, 5) is 22.7. The van der Waals surface area contributed by atoms with Gasteiger partial charge in [-0.3, -0.25) is 4.79 Å². The molecule has 8 nitrogen and oxygen atoms in total. The summed E-state index contributed by atoms with van der Waals surface area (Å²) in [5, 5.41) is 31.1. The van der Waals surface area contributed by atoms with Crippen LogP contribution in [-0.4, -0.2) is 57.9 Å². The maximum atomic E-state index is 11.9. The van der Waals surface area contributed by atoms with Crippen molar-refractivity contribution in [2.75, 3.05) is 5.32 Å². The summed E-state index contributed by atoms with van der Waals surface area (Å²) < 4.78 is 11.2. The molecule has 0 unspecified atom stereocenters. The van der Waals surface area contributed by atoms with Crippen LogP contribution in [-0.2, 0) is 14.3 Å². The Balaban J connectivity index is 1.70. The van der Waals surface area contributed by atoms with Crippen molar-refractivity contribution >= 4 is 17.6 Å². The highest BCUT2D eigenvalue weighted by molar-refractivity contribution is 5.99. The molecular formula is C20H27NO7. The number of carboxylic acids is 1. The Kier molecular flexibility index (Phi) is 8.13. The second kappa shape index (κ2) is 10.3. The lowest BCUT2D eigenvalue weighted by atomic mass is 10.0. The van der Waals surface area contributed by atoms with Crippen molar-refractivity contribution in [3.63, 3.8) is 0 Å². The molecule has 0 spiro atoms. The number of rotatable bonds is 8. The number of carboxylic acid groups (broad SMARTS) is 1. The maximum Gasteiger partial charge on any atom is 0.335 e. The number of anilines is 1. The van der Waals surface area contributed by atoms with E-state index in [2.05, 4.69) is 5.32 Å². The van der Waals surface area contributed by atoms with Crippen molar-refractivity contribution in [1.29, 1.82) is 0 Å². The minimum Gasteiger partial charge on any atom is -0.478 e. The molecule has 154 valence electrons. The second-order valence-electron chi connectivity index (χ2n) is 6.88. The summed E-state index contributed by atoms with van der Waals surface area (Å²) in [6.45, 7) is 3.58. The largest absolute Gasteiger partial charge is 0.478 e. The van der Waals surface area contributed by atoms with Gasteiger partial charge in [-0.25, -0.2) is 4.79 Å². The number of aliphatic hydroxyl groups excluding tert-OH is 2. The van der Waals surface area contributed by atoms with E-state index >= 15 is 0 Å². The average Bonchev–Trinajstić information content (AvgIpc) is 2.63. The average molecular weight is 393 g/mol. The van der Waals surface area contributed by atoms with Gasteiger partial charge in [0.05, 0.1) is 23.9 Å². The zero-order valence-electron chi connectivity index (χ0n) is 15.9. The Morgan fingerprint density at radius 1 is 1.29 bits per heavy atom. The molecule has 1 aromatic rings. The first-order valence-corrected chi connectivity index (χ1v) is 9.24. The lowest BCUT2D eigenvalue weighted by molar-refractivity contribution is -0.273. The summed E-state index contributed by atoms with van der Waals surface area (Å²) in [5.41, 5.74) is 0.662. The van der Waals surface area contributed by atoms with Gasteiger partial charge in [-0.1, -0.05) is 6.08 Å². The van der Waals surface area contributed by atoms with Gasteiger partial charge in [0.1, 0.15) is 6.10 Å². The highest BCUT2D eigenvalue weighted by Crippen LogP contribution is 2.22. The van der Waals surface area contributed by atoms with Crippen molar-refractivity contribution in [3.05, 3.63) is 42.0 Å². The molecule has 1 fully saturated rings. The van der Waals surface area contributed by atoms with Crippen molar-refractivity contribution in [3.8, 4) is 0 Å². The number of hydrogen-bond acceptors (Lipinski definition) is 6. The Bertz CT molecular complexity index is 688. The third kappa shape index (κ3) is 6.72. The van der Waals surface area contributed by atoms with Crippen LogP contribution in [0.3, 0.4) is 0 Å². The first-order chi connectivity index (χ1) is 13.3. The van der Waals surface area contributed by atoms with E-state index in [0.717, 1.165) is 0 Å². The van der Waals surface area contributed by atoms with E-state index in [1.807, 2.05) is 6.92 Å². The Morgan fingerprint density at radius 2 is 1.96 bits per heavy atom. The monoisotopic (exact) mass is 393 g/mol. The maximum absolute atomic E-state index is 11.9. The number of aliphatic hydroxyl groups is 2. The van der Waals surface area contributed by atoms with Crippen molar-refractivity contribution in [1.82, 2.24) is 0 Å². The molecule has 1 amide bonds. The molecule has 1 saturated heterocycles. The number of carbonyl (C=O) groups excluding carboxylic acids is 1. The first-order valence-electron chi connectivity index (χ1n) is 9.24. The van der Waals surface area contributed by atoms with E-state index < -0.39 is 30.6 Å². The third-order valence-corrected chi connectivity index (χ3v) is 4.46. The normalized spacial score (nSPS) is 26.1. The smallest absolute Gasteiger partial charge is 0.335 e. The first kappa shape index (κ1) is 22.0. The van der Waals surface area contributed by atoms with Crippen LogP contribution in [0, 0.1) is 0 Å². The van der Waals surface area contributed by atoms with Gasteiger partial charge < -0.3 is 30.1 Å². The molecule has 4 N–H and O–H groups in total. The van der Waals surface area contributed by atoms with Crippen molar-refractivity contribution < 1.29 is 34.4 Å². The van der Waals surface area contributed by atoms with Crippen LogP contribution in [0.15, 0.2) is 36.4 Å². The van der Waals surface area contributed by atoms with Crippen molar-refractivity contribution in [2.24, 2.45) is 0 Å². The van der Waals surface area contributed by atoms with E-state index in [4.69, 9.17) is 14.6 Å². The predicted octanol–water partition coefficient (Wildman–Crippen LogP) is 1.92. The van der Waals surface area contributed by atoms with Gasteiger partial charge in [-0.05, 0) is 57.0 Å². The number of carbonyl (C=O) groups is 2. The Hall–Kier alpha value is -2.26. The van der Waals surface area contributed by atoms with Gasteiger partial charge in [0.2, 0.25) is 5.91 Å². The van der Waals surface area contributed by atoms with Crippen LogP contribution < -0.4 is 5.32 Å². The molecular weight excluding hydrogens is 366 g/mol. The lowest BCUT2D eigenvalue weighted by Gasteiger charge is -2.36. The number of nitrogens with one attached hydrogen (secondary N) is 1. The van der Waals surface area contributed by atoms with Crippen LogP contribution in [0.4, 0.5) is 5.69 Å². The molecule has 2 rings (SSSR count). The molecule has 0 saturated carbocycles. The van der Waals surface area contributed by atoms with E-state index in [1.54, 1.807) is 13.0 Å². The van der Waals surface area contributed by atoms with Crippen LogP contribution in [0.1, 0.15) is 43.5 Å². The van der Waals surface area contributed by atoms with E-state index in [1.165, 1.54) is 30.3 Å². The number of aromatic carboxylic acids is 1. The summed E-state index contributed by atoms with van der Waals surface area (Å²) in [6.07, 6.45) is 1.62. The van der Waals surface area contributed by atoms with Crippen LogP contribution in [0.25, 0.3) is 0 Å². The minimum absolute atomic E-state index is 0.151. The molecule has 1 heterocycles. The standard InChI is InChI=1S/C20H27NO7/c1-12(27-20-17(23)11-16(22)13(2)28-20)5-3-4-6-18(24)21-15-9-7-14(8-10-15)19(25)26/h4,6-10,12-13,16-17,20,22-23H,3,5,11H2,1-2H3,(H,21,24)(H,25,26)/t12-,13+,16-,17-,20-/m1/s1. The number of amides is 1. The summed E-state index contributed by atoms with van der Waals surface area (Å²) in [7, 11) is 0. The van der Waals surface area contributed by atoms with Gasteiger partial charge in [0.15, 0.2) is 6.29 Å². The van der Waals surface area contributed by atoms with Gasteiger partial charge in [-0.2, -0.15) is 0 Å². The molecule has 8 heteroatoms. The molecule has 5 atom stereocenters. The highest BCUT2D eigenvalue weighted by Gasteiger charge is 2.35. The van der Waals surface area contributed by atoms with Crippen LogP contribution in [0.5, 0.6) is 0 Å². The van der Waals surface area contributed by atoms with Gasteiger partial charge in [0.25, 0.3) is 0 Å². The number of ether oxygens (including phenoxy) is 2. The zero-order valence-corrected chi connectivity index (χ0v) is 15.9. The van der Waals surface area contributed by atoms with Crippen LogP contribution in [0.2, 0.25) is 0 Å². The molecule has 0 bridgehead atoms.